The summed E-state index contributed by atoms with van der Waals surface area (Å²) in [5, 5.41) is 20.7. The Balaban J connectivity index is 1.65. The molecule has 2 saturated heterocycles. The van der Waals surface area contributed by atoms with Gasteiger partial charge < -0.3 is 29.2 Å². The maximum atomic E-state index is 12.2. The first-order chi connectivity index (χ1) is 21.9. The maximum Gasteiger partial charge on any atom is 0.308 e. The molecule has 0 bridgehead atoms. The largest absolute Gasteiger partial charge is 0.481 e. The number of hydrogen-bond donors (Lipinski definition) is 2. The van der Waals surface area contributed by atoms with Gasteiger partial charge in [0.25, 0.3) is 0 Å². The normalized spacial score (nSPS) is 30.7. The van der Waals surface area contributed by atoms with Crippen molar-refractivity contribution >= 4 is 5.97 Å². The highest BCUT2D eigenvalue weighted by molar-refractivity contribution is 5.70. The number of ether oxygens (including phenoxy) is 4. The van der Waals surface area contributed by atoms with Gasteiger partial charge in [-0.1, -0.05) is 69.7 Å². The molecule has 0 spiro atoms. The third-order valence-electron chi connectivity index (χ3n) is 10.8. The summed E-state index contributed by atoms with van der Waals surface area (Å²) in [6.45, 7) is 28.9. The van der Waals surface area contributed by atoms with Gasteiger partial charge in [0.1, 0.15) is 0 Å². The van der Waals surface area contributed by atoms with Crippen molar-refractivity contribution in [2.45, 2.75) is 133 Å². The lowest BCUT2D eigenvalue weighted by molar-refractivity contribution is -0.290. The van der Waals surface area contributed by atoms with Crippen molar-refractivity contribution in [3.63, 3.8) is 0 Å². The quantitative estimate of drug-likeness (QED) is 0.250. The zero-order valence-corrected chi connectivity index (χ0v) is 30.6. The number of aryl methyl sites for hydroxylation is 6. The fourth-order valence-corrected chi connectivity index (χ4v) is 8.24. The summed E-state index contributed by atoms with van der Waals surface area (Å²) in [5.74, 6) is -1.94. The van der Waals surface area contributed by atoms with Crippen LogP contribution >= 0.6 is 0 Å². The molecule has 2 aromatic rings. The number of carboxylic acids is 1. The van der Waals surface area contributed by atoms with E-state index in [4.69, 9.17) is 18.9 Å². The molecule has 0 aromatic heterocycles. The molecule has 0 saturated carbocycles. The summed E-state index contributed by atoms with van der Waals surface area (Å²) < 4.78 is 26.8. The van der Waals surface area contributed by atoms with Crippen molar-refractivity contribution in [3.05, 3.63) is 80.9 Å². The van der Waals surface area contributed by atoms with Crippen LogP contribution in [0, 0.1) is 71.1 Å². The predicted molar refractivity (Wildman–Crippen MR) is 185 cm³/mol. The number of carbonyl (C=O) groups is 1. The van der Waals surface area contributed by atoms with E-state index < -0.39 is 36.7 Å². The number of benzene rings is 2. The van der Waals surface area contributed by atoms with Gasteiger partial charge in [0.05, 0.1) is 36.4 Å². The van der Waals surface area contributed by atoms with Crippen molar-refractivity contribution < 1.29 is 34.0 Å². The summed E-state index contributed by atoms with van der Waals surface area (Å²) in [5.41, 5.74) is 9.62. The zero-order valence-electron chi connectivity index (χ0n) is 30.6. The summed E-state index contributed by atoms with van der Waals surface area (Å²) in [6.07, 6.45) is -2.58. The minimum Gasteiger partial charge on any atom is -0.481 e. The molecule has 2 aliphatic heterocycles. The molecule has 12 atom stereocenters. The average molecular weight is 651 g/mol. The van der Waals surface area contributed by atoms with Crippen LogP contribution in [0.4, 0.5) is 0 Å². The third kappa shape index (κ3) is 7.86. The summed E-state index contributed by atoms with van der Waals surface area (Å²) in [4.78, 5) is 12.2. The Bertz CT molecular complexity index is 1400. The number of rotatable bonds is 10. The Morgan fingerprint density at radius 2 is 1.15 bits per heavy atom. The first-order valence-electron chi connectivity index (χ1n) is 17.3. The van der Waals surface area contributed by atoms with Gasteiger partial charge >= 0.3 is 5.97 Å². The van der Waals surface area contributed by atoms with E-state index in [1.807, 2.05) is 20.8 Å². The molecule has 7 heteroatoms. The number of aliphatic hydroxyl groups is 1. The van der Waals surface area contributed by atoms with Gasteiger partial charge in [-0.25, -0.2) is 0 Å². The molecule has 7 nitrogen and oxygen atoms in total. The molecule has 260 valence electrons. The summed E-state index contributed by atoms with van der Waals surface area (Å²) >= 11 is 0. The molecule has 0 amide bonds. The van der Waals surface area contributed by atoms with Gasteiger partial charge in [-0.05, 0) is 95.6 Å². The van der Waals surface area contributed by atoms with Gasteiger partial charge in [-0.15, -0.1) is 0 Å². The molecule has 47 heavy (non-hydrogen) atoms. The molecule has 2 aliphatic rings. The van der Waals surface area contributed by atoms with Crippen LogP contribution in [0.25, 0.3) is 0 Å². The lowest BCUT2D eigenvalue weighted by atomic mass is 9.77. The van der Waals surface area contributed by atoms with Crippen LogP contribution in [0.3, 0.4) is 0 Å². The van der Waals surface area contributed by atoms with Crippen molar-refractivity contribution in [3.8, 4) is 0 Å². The molecule has 0 radical (unpaired) electrons. The van der Waals surface area contributed by atoms with Crippen LogP contribution in [-0.2, 0) is 23.7 Å². The van der Waals surface area contributed by atoms with E-state index in [0.29, 0.717) is 6.42 Å². The fourth-order valence-electron chi connectivity index (χ4n) is 8.24. The first-order valence-corrected chi connectivity index (χ1v) is 17.3. The van der Waals surface area contributed by atoms with Crippen molar-refractivity contribution in [1.82, 2.24) is 0 Å². The van der Waals surface area contributed by atoms with Gasteiger partial charge in [-0.3, -0.25) is 4.79 Å². The van der Waals surface area contributed by atoms with Crippen molar-refractivity contribution in [2.75, 3.05) is 0 Å². The van der Waals surface area contributed by atoms with Crippen LogP contribution in [0.2, 0.25) is 0 Å². The Labute approximate surface area is 282 Å². The maximum absolute atomic E-state index is 12.2. The monoisotopic (exact) mass is 650 g/mol. The van der Waals surface area contributed by atoms with E-state index in [2.05, 4.69) is 86.2 Å². The number of aliphatic carboxylic acids is 1. The highest BCUT2D eigenvalue weighted by atomic mass is 16.7. The fraction of sp³-hybridized carbons (Fsp3) is 0.625. The smallest absolute Gasteiger partial charge is 0.308 e. The number of carboxylic acid groups (broad SMARTS) is 1. The van der Waals surface area contributed by atoms with Crippen LogP contribution in [0.15, 0.2) is 36.4 Å². The average Bonchev–Trinajstić information content (AvgIpc) is 2.96. The van der Waals surface area contributed by atoms with E-state index >= 15 is 0 Å². The highest BCUT2D eigenvalue weighted by Crippen LogP contribution is 2.45. The predicted octanol–water partition coefficient (Wildman–Crippen LogP) is 8.39. The minimum absolute atomic E-state index is 0.00830. The van der Waals surface area contributed by atoms with Gasteiger partial charge in [0, 0.05) is 28.9 Å². The third-order valence-corrected chi connectivity index (χ3v) is 10.8. The first kappa shape index (κ1) is 37.3. The number of aliphatic hydroxyl groups excluding tert-OH is 1. The summed E-state index contributed by atoms with van der Waals surface area (Å²) in [6, 6.07) is 8.54. The van der Waals surface area contributed by atoms with E-state index in [1.54, 1.807) is 6.92 Å². The molecule has 4 rings (SSSR count). The molecule has 2 unspecified atom stereocenters. The van der Waals surface area contributed by atoms with Gasteiger partial charge in [-0.2, -0.15) is 0 Å². The molecule has 0 aliphatic carbocycles. The molecule has 2 fully saturated rings. The Morgan fingerprint density at radius 3 is 1.60 bits per heavy atom. The van der Waals surface area contributed by atoms with Crippen LogP contribution in [0.1, 0.15) is 105 Å². The van der Waals surface area contributed by atoms with Crippen molar-refractivity contribution in [2.24, 2.45) is 29.6 Å². The lowest BCUT2D eigenvalue weighted by Crippen LogP contribution is -2.50. The second-order valence-corrected chi connectivity index (χ2v) is 14.9. The van der Waals surface area contributed by atoms with E-state index in [9.17, 15) is 15.0 Å². The highest BCUT2D eigenvalue weighted by Gasteiger charge is 2.47. The summed E-state index contributed by atoms with van der Waals surface area (Å²) in [7, 11) is 0. The van der Waals surface area contributed by atoms with Crippen LogP contribution in [-0.4, -0.2) is 46.7 Å². The van der Waals surface area contributed by atoms with Crippen LogP contribution < -0.4 is 0 Å². The molecule has 2 N–H and O–H groups in total. The van der Waals surface area contributed by atoms with Gasteiger partial charge in [0.15, 0.2) is 12.6 Å². The van der Waals surface area contributed by atoms with Gasteiger partial charge in [0.2, 0.25) is 0 Å². The number of hydrogen-bond acceptors (Lipinski definition) is 6. The molecular weight excluding hydrogens is 592 g/mol. The van der Waals surface area contributed by atoms with E-state index in [1.165, 1.54) is 5.56 Å². The van der Waals surface area contributed by atoms with E-state index in [-0.39, 0.29) is 42.0 Å². The topological polar surface area (TPSA) is 94.5 Å². The SMILES string of the molecule is C=C(C[C@H](C)[C@@H]1OC(c2c(C)cc(C)cc2C)O[C@H]([C@@H](C)C(=O)O)[C@@H]1C)[C@@H]1OC(c2c(C)cc(C)cc2C)O[C@@H]([C@@H](C)[C@@H](C)O)[C@H]1C. The van der Waals surface area contributed by atoms with Crippen LogP contribution in [0.5, 0.6) is 0 Å². The zero-order chi connectivity index (χ0) is 35.1. The minimum atomic E-state index is -0.883. The molecular formula is C40H58O7. The van der Waals surface area contributed by atoms with E-state index in [0.717, 1.165) is 44.5 Å². The molecule has 2 aromatic carbocycles. The molecule has 2 heterocycles. The Kier molecular flexibility index (Phi) is 11.8. The second-order valence-electron chi connectivity index (χ2n) is 14.9. The lowest BCUT2D eigenvalue weighted by Gasteiger charge is -2.47. The second kappa shape index (κ2) is 14.9. The Hall–Kier alpha value is -2.55. The standard InChI is InChI=1S/C40H58O7/c1-19-14-21(3)32(22(4)15-19)39-44-34(28(10)36(46-39)27(9)31(13)41)25(7)18-26(8)35-29(11)37(30(12)38(42)43)47-40(45-35)33-23(5)16-20(2)17-24(33)6/h14-17,26-31,34-37,39-41H,7,18H2,1-6,8-13H3,(H,42,43)/t26-,27-,28-,29+,30+,31+,34-,35-,36-,37-,39?,40?/m0/s1. The Morgan fingerprint density at radius 1 is 0.723 bits per heavy atom. The van der Waals surface area contributed by atoms with Crippen molar-refractivity contribution in [1.29, 1.82) is 0 Å².